The number of nitrogens with zero attached hydrogens (tertiary/aromatic N) is 4. The van der Waals surface area contributed by atoms with Gasteiger partial charge in [0.25, 0.3) is 0 Å². The number of carbonyl (C=O) groups is 1. The highest BCUT2D eigenvalue weighted by atomic mass is 35.5. The molecule has 2 aliphatic rings. The van der Waals surface area contributed by atoms with Gasteiger partial charge < -0.3 is 4.90 Å². The molecule has 0 spiro atoms. The minimum absolute atomic E-state index is 0.0274. The molecule has 32 heavy (non-hydrogen) atoms. The molecule has 0 saturated carbocycles. The Morgan fingerprint density at radius 3 is 2.59 bits per heavy atom. The molecule has 0 aromatic heterocycles. The average molecular weight is 469 g/mol. The molecule has 0 aliphatic carbocycles. The van der Waals surface area contributed by atoms with Gasteiger partial charge in [0.15, 0.2) is 0 Å². The number of anilines is 1. The zero-order valence-corrected chi connectivity index (χ0v) is 20.8. The topological polar surface area (TPSA) is 48.3 Å². The molecule has 2 aromatic carbocycles. The molecule has 2 aromatic rings. The first-order valence-electron chi connectivity index (χ1n) is 11.0. The van der Waals surface area contributed by atoms with Gasteiger partial charge in [-0.05, 0) is 88.1 Å². The molecule has 168 valence electrons. The van der Waals surface area contributed by atoms with Gasteiger partial charge in [0.1, 0.15) is 5.84 Å². The van der Waals surface area contributed by atoms with Crippen molar-refractivity contribution in [3.8, 4) is 0 Å². The van der Waals surface area contributed by atoms with Gasteiger partial charge in [0, 0.05) is 35.9 Å². The summed E-state index contributed by atoms with van der Waals surface area (Å²) in [5.41, 5.74) is 5.52. The van der Waals surface area contributed by atoms with Gasteiger partial charge in [0.2, 0.25) is 0 Å². The maximum atomic E-state index is 12.1. The van der Waals surface area contributed by atoms with Crippen molar-refractivity contribution in [3.63, 3.8) is 0 Å². The molecule has 5 nitrogen and oxygen atoms in total. The molecule has 1 amide bonds. The summed E-state index contributed by atoms with van der Waals surface area (Å²) < 4.78 is -0.375. The number of fused-ring (bicyclic) bond motifs is 1. The fourth-order valence-corrected chi connectivity index (χ4v) is 5.15. The van der Waals surface area contributed by atoms with Crippen LogP contribution in [0.3, 0.4) is 0 Å². The summed E-state index contributed by atoms with van der Waals surface area (Å²) in [5, 5.41) is 6.74. The Kier molecular flexibility index (Phi) is 6.37. The van der Waals surface area contributed by atoms with Crippen molar-refractivity contribution in [1.29, 1.82) is 0 Å². The van der Waals surface area contributed by atoms with Crippen molar-refractivity contribution in [1.82, 2.24) is 5.01 Å². The van der Waals surface area contributed by atoms with E-state index in [0.717, 1.165) is 47.1 Å². The molecule has 0 N–H and O–H groups in total. The monoisotopic (exact) mass is 468 g/mol. The van der Waals surface area contributed by atoms with Gasteiger partial charge in [-0.3, -0.25) is 9.79 Å². The molecule has 0 fully saturated rings. The van der Waals surface area contributed by atoms with Crippen LogP contribution in [0.5, 0.6) is 0 Å². The second-order valence-corrected chi connectivity index (χ2v) is 11.0. The first kappa shape index (κ1) is 22.9. The summed E-state index contributed by atoms with van der Waals surface area (Å²) in [5.74, 6) is 0.974. The van der Waals surface area contributed by atoms with Crippen LogP contribution in [-0.2, 0) is 6.42 Å². The summed E-state index contributed by atoms with van der Waals surface area (Å²) in [4.78, 5) is 19.4. The normalized spacial score (nSPS) is 18.7. The second kappa shape index (κ2) is 8.91. The molecule has 7 heteroatoms. The highest BCUT2D eigenvalue weighted by Crippen LogP contribution is 2.37. The number of carbonyl (C=O) groups excluding carboxylic acids is 1. The second-order valence-electron chi connectivity index (χ2n) is 9.00. The van der Waals surface area contributed by atoms with Gasteiger partial charge in [-0.15, -0.1) is 0 Å². The highest BCUT2D eigenvalue weighted by Gasteiger charge is 2.37. The quantitative estimate of drug-likeness (QED) is 0.396. The van der Waals surface area contributed by atoms with E-state index in [2.05, 4.69) is 55.9 Å². The van der Waals surface area contributed by atoms with Crippen LogP contribution in [0.15, 0.2) is 52.6 Å². The predicted octanol–water partition coefficient (Wildman–Crippen LogP) is 6.23. The molecular formula is C25H29ClN4OS. The molecule has 4 rings (SSSR count). The van der Waals surface area contributed by atoms with Crippen LogP contribution in [0.25, 0.3) is 0 Å². The van der Waals surface area contributed by atoms with Crippen LogP contribution in [0.4, 0.5) is 10.5 Å². The Hall–Kier alpha value is -2.31. The van der Waals surface area contributed by atoms with Gasteiger partial charge in [-0.25, -0.2) is 5.01 Å². The summed E-state index contributed by atoms with van der Waals surface area (Å²) in [6.07, 6.45) is 2.05. The zero-order valence-electron chi connectivity index (χ0n) is 19.2. The number of hydrogen-bond donors (Lipinski definition) is 0. The minimum atomic E-state index is -0.375. The van der Waals surface area contributed by atoms with Crippen LogP contribution < -0.4 is 4.90 Å². The zero-order chi connectivity index (χ0) is 23.0. The third-order valence-corrected chi connectivity index (χ3v) is 7.03. The Morgan fingerprint density at radius 2 is 1.91 bits per heavy atom. The van der Waals surface area contributed by atoms with E-state index in [1.54, 1.807) is 7.05 Å². The van der Waals surface area contributed by atoms with E-state index in [1.807, 2.05) is 24.3 Å². The van der Waals surface area contributed by atoms with E-state index in [-0.39, 0.29) is 16.0 Å². The van der Waals surface area contributed by atoms with Crippen LogP contribution in [-0.4, -0.2) is 46.2 Å². The fraction of sp³-hybridized carbons (Fsp3) is 0.400. The van der Waals surface area contributed by atoms with E-state index in [0.29, 0.717) is 0 Å². The maximum absolute atomic E-state index is 12.1. The number of hydrazone groups is 1. The number of amides is 1. The van der Waals surface area contributed by atoms with E-state index in [1.165, 1.54) is 28.0 Å². The third kappa shape index (κ3) is 4.57. The summed E-state index contributed by atoms with van der Waals surface area (Å²) >= 11 is 7.45. The lowest BCUT2D eigenvalue weighted by Gasteiger charge is -2.35. The van der Waals surface area contributed by atoms with Crippen molar-refractivity contribution in [2.24, 2.45) is 10.1 Å². The molecule has 0 unspecified atom stereocenters. The Morgan fingerprint density at radius 1 is 1.19 bits per heavy atom. The van der Waals surface area contributed by atoms with Gasteiger partial charge >= 0.3 is 5.24 Å². The summed E-state index contributed by atoms with van der Waals surface area (Å²) in [7, 11) is 1.71. The smallest absolute Gasteiger partial charge is 0.302 e. The molecular weight excluding hydrogens is 440 g/mol. The number of rotatable bonds is 3. The summed E-state index contributed by atoms with van der Waals surface area (Å²) in [6.45, 7) is 9.23. The summed E-state index contributed by atoms with van der Waals surface area (Å²) in [6, 6.07) is 14.6. The van der Waals surface area contributed by atoms with Crippen molar-refractivity contribution in [2.45, 2.75) is 51.3 Å². The standard InChI is InChI=1S/C25H29ClN4OS/c1-16(2)27-23(17-8-11-20(26)12-9-17)30-14-6-7-18-15-19(10-13-21(18)30)22-25(3,4)32-24(31)29(5)28-22/h8-13,15-16H,6-7,14H2,1-5H3/b27-23-. The number of amidine groups is 1. The number of thioether (sulfide) groups is 1. The first-order valence-corrected chi connectivity index (χ1v) is 12.2. The highest BCUT2D eigenvalue weighted by molar-refractivity contribution is 8.15. The number of benzene rings is 2. The molecule has 2 heterocycles. The number of hydrogen-bond acceptors (Lipinski definition) is 4. The lowest BCUT2D eigenvalue weighted by atomic mass is 9.93. The van der Waals surface area contributed by atoms with E-state index in [4.69, 9.17) is 16.6 Å². The molecule has 0 radical (unpaired) electrons. The Balaban J connectivity index is 1.75. The third-order valence-electron chi connectivity index (χ3n) is 5.64. The Labute approximate surface area is 199 Å². The van der Waals surface area contributed by atoms with E-state index >= 15 is 0 Å². The minimum Gasteiger partial charge on any atom is -0.326 e. The van der Waals surface area contributed by atoms with Gasteiger partial charge in [0.05, 0.1) is 10.5 Å². The van der Waals surface area contributed by atoms with Crippen molar-refractivity contribution in [2.75, 3.05) is 18.5 Å². The number of aliphatic imine (C=N–C) groups is 1. The SMILES string of the molecule is CC(C)/N=C(/c1ccc(Cl)cc1)N1CCCc2cc(C3=NN(C)C(=O)SC3(C)C)ccc21. The maximum Gasteiger partial charge on any atom is 0.302 e. The molecule has 0 saturated heterocycles. The lowest BCUT2D eigenvalue weighted by molar-refractivity contribution is 0.234. The van der Waals surface area contributed by atoms with Crippen LogP contribution >= 0.6 is 23.4 Å². The first-order chi connectivity index (χ1) is 15.2. The molecule has 0 bridgehead atoms. The number of aryl methyl sites for hydroxylation is 1. The van der Waals surface area contributed by atoms with Gasteiger partial charge in [-0.1, -0.05) is 29.4 Å². The fourth-order valence-electron chi connectivity index (χ4n) is 4.16. The van der Waals surface area contributed by atoms with Crippen molar-refractivity contribution in [3.05, 3.63) is 64.2 Å². The van der Waals surface area contributed by atoms with Crippen molar-refractivity contribution >= 4 is 45.8 Å². The van der Waals surface area contributed by atoms with Crippen molar-refractivity contribution < 1.29 is 4.79 Å². The van der Waals surface area contributed by atoms with Crippen LogP contribution in [0.2, 0.25) is 5.02 Å². The predicted molar refractivity (Wildman–Crippen MR) is 137 cm³/mol. The van der Waals surface area contributed by atoms with E-state index < -0.39 is 0 Å². The van der Waals surface area contributed by atoms with E-state index in [9.17, 15) is 4.79 Å². The van der Waals surface area contributed by atoms with Gasteiger partial charge in [-0.2, -0.15) is 5.10 Å². The van der Waals surface area contributed by atoms with Crippen LogP contribution in [0, 0.1) is 0 Å². The molecule has 0 atom stereocenters. The molecule has 2 aliphatic heterocycles. The Bertz CT molecular complexity index is 1090. The largest absolute Gasteiger partial charge is 0.326 e. The number of halogens is 1. The van der Waals surface area contributed by atoms with Crippen LogP contribution in [0.1, 0.15) is 50.8 Å². The average Bonchev–Trinajstić information content (AvgIpc) is 2.74. The lowest BCUT2D eigenvalue weighted by Crippen LogP contribution is -2.40.